The van der Waals surface area contributed by atoms with Crippen LogP contribution < -0.4 is 5.32 Å². The topological polar surface area (TPSA) is 12.0 Å². The minimum absolute atomic E-state index is 0.817. The van der Waals surface area contributed by atoms with Crippen molar-refractivity contribution in [3.05, 3.63) is 59.1 Å². The van der Waals surface area contributed by atoms with Crippen LogP contribution in [-0.4, -0.2) is 6.54 Å². The van der Waals surface area contributed by atoms with Crippen LogP contribution in [0, 0.1) is 0 Å². The first kappa shape index (κ1) is 13.1. The Morgan fingerprint density at radius 1 is 1.06 bits per heavy atom. The summed E-state index contributed by atoms with van der Waals surface area (Å²) in [4.78, 5) is 0. The Morgan fingerprint density at radius 2 is 1.83 bits per heavy atom. The zero-order chi connectivity index (χ0) is 12.8. The van der Waals surface area contributed by atoms with Crippen LogP contribution in [0.2, 0.25) is 5.02 Å². The maximum atomic E-state index is 6.35. The van der Waals surface area contributed by atoms with Crippen molar-refractivity contribution >= 4 is 11.6 Å². The molecule has 0 heterocycles. The van der Waals surface area contributed by atoms with Crippen molar-refractivity contribution in [3.63, 3.8) is 0 Å². The molecule has 0 bridgehead atoms. The van der Waals surface area contributed by atoms with Gasteiger partial charge in [-0.25, -0.2) is 0 Å². The lowest BCUT2D eigenvalue weighted by molar-refractivity contribution is 0.675. The lowest BCUT2D eigenvalue weighted by Gasteiger charge is -2.08. The van der Waals surface area contributed by atoms with Crippen molar-refractivity contribution in [1.82, 2.24) is 5.32 Å². The maximum Gasteiger partial charge on any atom is 0.0487 e. The largest absolute Gasteiger partial charge is 0.313 e. The van der Waals surface area contributed by atoms with Crippen molar-refractivity contribution in [2.45, 2.75) is 19.9 Å². The molecule has 0 aliphatic rings. The number of hydrogen-bond acceptors (Lipinski definition) is 1. The standard InChI is InChI=1S/C16H18ClN/c1-2-10-18-12-13-8-9-15(16(17)11-13)14-6-4-3-5-7-14/h3-9,11,18H,2,10,12H2,1H3. The summed E-state index contributed by atoms with van der Waals surface area (Å²) in [6.45, 7) is 4.08. The molecule has 0 atom stereocenters. The molecular formula is C16H18ClN. The molecule has 94 valence electrons. The van der Waals surface area contributed by atoms with Crippen LogP contribution in [0.3, 0.4) is 0 Å². The second-order valence-corrected chi connectivity index (χ2v) is 4.76. The predicted octanol–water partition coefficient (Wildman–Crippen LogP) is 4.51. The summed E-state index contributed by atoms with van der Waals surface area (Å²) in [5.74, 6) is 0. The van der Waals surface area contributed by atoms with Crippen LogP contribution in [0.25, 0.3) is 11.1 Å². The van der Waals surface area contributed by atoms with E-state index >= 15 is 0 Å². The zero-order valence-electron chi connectivity index (χ0n) is 10.6. The molecule has 2 heteroatoms. The van der Waals surface area contributed by atoms with Gasteiger partial charge in [0, 0.05) is 17.1 Å². The SMILES string of the molecule is CCCNCc1ccc(-c2ccccc2)c(Cl)c1. The molecule has 0 aliphatic carbocycles. The molecule has 2 aromatic rings. The fourth-order valence-corrected chi connectivity index (χ4v) is 2.24. The van der Waals surface area contributed by atoms with E-state index in [-0.39, 0.29) is 0 Å². The van der Waals surface area contributed by atoms with Gasteiger partial charge in [0.15, 0.2) is 0 Å². The zero-order valence-corrected chi connectivity index (χ0v) is 11.4. The van der Waals surface area contributed by atoms with Gasteiger partial charge in [0.2, 0.25) is 0 Å². The Kier molecular flexibility index (Phi) is 4.80. The highest BCUT2D eigenvalue weighted by molar-refractivity contribution is 6.33. The lowest BCUT2D eigenvalue weighted by atomic mass is 10.0. The van der Waals surface area contributed by atoms with Crippen LogP contribution in [-0.2, 0) is 6.54 Å². The van der Waals surface area contributed by atoms with Crippen molar-refractivity contribution in [3.8, 4) is 11.1 Å². The van der Waals surface area contributed by atoms with Crippen LogP contribution >= 0.6 is 11.6 Å². The number of hydrogen-bond donors (Lipinski definition) is 1. The third-order valence-electron chi connectivity index (χ3n) is 2.87. The van der Waals surface area contributed by atoms with Gasteiger partial charge < -0.3 is 5.32 Å². The average molecular weight is 260 g/mol. The highest BCUT2D eigenvalue weighted by Gasteiger charge is 2.03. The predicted molar refractivity (Wildman–Crippen MR) is 78.9 cm³/mol. The molecule has 1 nitrogen and oxygen atoms in total. The van der Waals surface area contributed by atoms with Crippen LogP contribution in [0.1, 0.15) is 18.9 Å². The van der Waals surface area contributed by atoms with Gasteiger partial charge in [-0.05, 0) is 30.2 Å². The number of rotatable bonds is 5. The Balaban J connectivity index is 2.15. The number of halogens is 1. The Bertz CT molecular complexity index is 494. The van der Waals surface area contributed by atoms with E-state index in [0.29, 0.717) is 0 Å². The highest BCUT2D eigenvalue weighted by Crippen LogP contribution is 2.28. The van der Waals surface area contributed by atoms with Gasteiger partial charge in [-0.1, -0.05) is 61.0 Å². The molecule has 0 aromatic heterocycles. The smallest absolute Gasteiger partial charge is 0.0487 e. The molecule has 0 fully saturated rings. The average Bonchev–Trinajstić information content (AvgIpc) is 2.40. The molecule has 2 rings (SSSR count). The summed E-state index contributed by atoms with van der Waals surface area (Å²) in [5, 5.41) is 4.20. The van der Waals surface area contributed by atoms with E-state index in [4.69, 9.17) is 11.6 Å². The first-order valence-corrected chi connectivity index (χ1v) is 6.73. The normalized spacial score (nSPS) is 10.6. The molecule has 0 unspecified atom stereocenters. The van der Waals surface area contributed by atoms with Crippen LogP contribution in [0.15, 0.2) is 48.5 Å². The van der Waals surface area contributed by atoms with E-state index in [9.17, 15) is 0 Å². The van der Waals surface area contributed by atoms with Gasteiger partial charge in [0.1, 0.15) is 0 Å². The Morgan fingerprint density at radius 3 is 2.50 bits per heavy atom. The Hall–Kier alpha value is -1.31. The van der Waals surface area contributed by atoms with Crippen LogP contribution in [0.5, 0.6) is 0 Å². The third-order valence-corrected chi connectivity index (χ3v) is 3.19. The molecule has 0 aliphatic heterocycles. The summed E-state index contributed by atoms with van der Waals surface area (Å²) in [6, 6.07) is 16.5. The van der Waals surface area contributed by atoms with E-state index in [1.807, 2.05) is 24.3 Å². The van der Waals surface area contributed by atoms with Crippen molar-refractivity contribution in [2.75, 3.05) is 6.54 Å². The first-order chi connectivity index (χ1) is 8.81. The van der Waals surface area contributed by atoms with E-state index in [1.165, 1.54) is 5.56 Å². The minimum atomic E-state index is 0.817. The second-order valence-electron chi connectivity index (χ2n) is 4.36. The fourth-order valence-electron chi connectivity index (χ4n) is 1.93. The summed E-state index contributed by atoms with van der Waals surface area (Å²) in [7, 11) is 0. The lowest BCUT2D eigenvalue weighted by Crippen LogP contribution is -2.13. The quantitative estimate of drug-likeness (QED) is 0.780. The monoisotopic (exact) mass is 259 g/mol. The van der Waals surface area contributed by atoms with Crippen LogP contribution in [0.4, 0.5) is 0 Å². The molecule has 0 saturated heterocycles. The molecule has 18 heavy (non-hydrogen) atoms. The summed E-state index contributed by atoms with van der Waals surface area (Å²) >= 11 is 6.35. The molecule has 2 aromatic carbocycles. The molecule has 0 spiro atoms. The Labute approximate surface area is 114 Å². The van der Waals surface area contributed by atoms with Gasteiger partial charge in [-0.3, -0.25) is 0 Å². The van der Waals surface area contributed by atoms with Crippen molar-refractivity contribution in [1.29, 1.82) is 0 Å². The van der Waals surface area contributed by atoms with E-state index in [1.54, 1.807) is 0 Å². The van der Waals surface area contributed by atoms with E-state index in [2.05, 4.69) is 36.5 Å². The van der Waals surface area contributed by atoms with Crippen molar-refractivity contribution in [2.24, 2.45) is 0 Å². The van der Waals surface area contributed by atoms with Gasteiger partial charge in [-0.2, -0.15) is 0 Å². The molecule has 0 radical (unpaired) electrons. The van der Waals surface area contributed by atoms with E-state index in [0.717, 1.165) is 35.7 Å². The van der Waals surface area contributed by atoms with Gasteiger partial charge >= 0.3 is 0 Å². The van der Waals surface area contributed by atoms with Gasteiger partial charge in [-0.15, -0.1) is 0 Å². The maximum absolute atomic E-state index is 6.35. The van der Waals surface area contributed by atoms with E-state index < -0.39 is 0 Å². The highest BCUT2D eigenvalue weighted by atomic mass is 35.5. The first-order valence-electron chi connectivity index (χ1n) is 6.36. The van der Waals surface area contributed by atoms with Gasteiger partial charge in [0.05, 0.1) is 0 Å². The summed E-state index contributed by atoms with van der Waals surface area (Å²) in [6.07, 6.45) is 1.15. The molecule has 0 amide bonds. The van der Waals surface area contributed by atoms with Gasteiger partial charge in [0.25, 0.3) is 0 Å². The second kappa shape index (κ2) is 6.58. The molecular weight excluding hydrogens is 242 g/mol. The summed E-state index contributed by atoms with van der Waals surface area (Å²) in [5.41, 5.74) is 3.49. The fraction of sp³-hybridized carbons (Fsp3) is 0.250. The number of benzene rings is 2. The number of nitrogens with one attached hydrogen (secondary N) is 1. The third kappa shape index (κ3) is 3.34. The molecule has 1 N–H and O–H groups in total. The van der Waals surface area contributed by atoms with Crippen molar-refractivity contribution < 1.29 is 0 Å². The summed E-state index contributed by atoms with van der Waals surface area (Å²) < 4.78 is 0. The molecule has 0 saturated carbocycles. The minimum Gasteiger partial charge on any atom is -0.313 e.